The molecule has 0 saturated carbocycles. The Kier molecular flexibility index (Phi) is 27.7. The van der Waals surface area contributed by atoms with Gasteiger partial charge in [0, 0.05) is 26.1 Å². The van der Waals surface area contributed by atoms with Gasteiger partial charge in [-0.3, -0.25) is 32.1 Å². The summed E-state index contributed by atoms with van der Waals surface area (Å²) in [6, 6.07) is 18.8. The first-order valence-corrected chi connectivity index (χ1v) is 16.5. The predicted molar refractivity (Wildman–Crippen MR) is 181 cm³/mol. The van der Waals surface area contributed by atoms with Crippen molar-refractivity contribution in [3.63, 3.8) is 0 Å². The van der Waals surface area contributed by atoms with Gasteiger partial charge in [0.25, 0.3) is 0 Å². The first-order valence-electron chi connectivity index (χ1n) is 14.6. The molecule has 0 aliphatic heterocycles. The lowest BCUT2D eigenvalue weighted by molar-refractivity contribution is -0.154. The van der Waals surface area contributed by atoms with Crippen LogP contribution in [0.3, 0.4) is 0 Å². The molecule has 9 nitrogen and oxygen atoms in total. The number of benzene rings is 2. The van der Waals surface area contributed by atoms with Crippen LogP contribution in [0, 0.1) is 0 Å². The maximum absolute atomic E-state index is 11.7. The van der Waals surface area contributed by atoms with Gasteiger partial charge in [-0.1, -0.05) is 92.5 Å². The van der Waals surface area contributed by atoms with Gasteiger partial charge in [-0.05, 0) is 58.6 Å². The normalized spacial score (nSPS) is 11.4. The van der Waals surface area contributed by atoms with E-state index in [0.29, 0.717) is 6.42 Å². The molecule has 0 radical (unpaired) electrons. The molecule has 15 heteroatoms. The van der Waals surface area contributed by atoms with Crippen LogP contribution in [0.15, 0.2) is 60.7 Å². The lowest BCUT2D eigenvalue weighted by Gasteiger charge is -2.21. The average molecular weight is 800 g/mol. The number of carboxylic acids is 1. The molecular formula is C32H44BBr2F3O9. The van der Waals surface area contributed by atoms with E-state index in [0.717, 1.165) is 24.3 Å². The SMILES string of the molecule is CC(C)(C)OC(=O)C(Br)CCC(=O)OCc1ccccc1.CCOCC.FB(F)F.O=C(CCC(Br)C(=O)O)OCc1ccccc1. The fourth-order valence-corrected chi connectivity index (χ4v) is 3.47. The lowest BCUT2D eigenvalue weighted by Crippen LogP contribution is -2.29. The molecule has 0 aliphatic carbocycles. The van der Waals surface area contributed by atoms with Crippen LogP contribution in [0.2, 0.25) is 0 Å². The van der Waals surface area contributed by atoms with E-state index in [1.165, 1.54) is 0 Å². The van der Waals surface area contributed by atoms with Crippen molar-refractivity contribution in [3.8, 4) is 0 Å². The Labute approximate surface area is 292 Å². The summed E-state index contributed by atoms with van der Waals surface area (Å²) in [6.45, 7) is 11.6. The van der Waals surface area contributed by atoms with E-state index in [1.54, 1.807) is 20.8 Å². The van der Waals surface area contributed by atoms with E-state index in [1.807, 2.05) is 74.5 Å². The largest absolute Gasteiger partial charge is 0.762 e. The quantitative estimate of drug-likeness (QED) is 0.0879. The van der Waals surface area contributed by atoms with Crippen LogP contribution in [0.1, 0.15) is 71.4 Å². The third-order valence-electron chi connectivity index (χ3n) is 5.03. The molecule has 0 saturated heterocycles. The topological polar surface area (TPSA) is 125 Å². The second-order valence-electron chi connectivity index (χ2n) is 10.2. The van der Waals surface area contributed by atoms with Crippen LogP contribution >= 0.6 is 31.9 Å². The van der Waals surface area contributed by atoms with Gasteiger partial charge in [-0.25, -0.2) is 0 Å². The molecule has 0 spiro atoms. The van der Waals surface area contributed by atoms with E-state index in [2.05, 4.69) is 31.9 Å². The standard InChI is InChI=1S/C16H21BrO4.C12H13BrO4.C4H10O.BF3/c1-16(2,3)21-15(19)13(17)9-10-14(18)20-11-12-7-5-4-6-8-12;13-10(12(15)16)6-7-11(14)17-8-9-4-2-1-3-5-9;1-3-5-4-2;2-1(3)4/h4-8,13H,9-11H2,1-3H3;1-5,10H,6-8H2,(H,15,16);3-4H2,1-2H3;. The van der Waals surface area contributed by atoms with Gasteiger partial charge < -0.3 is 24.1 Å². The Morgan fingerprint density at radius 1 is 0.745 bits per heavy atom. The van der Waals surface area contributed by atoms with Gasteiger partial charge in [0.05, 0.1) is 0 Å². The minimum absolute atomic E-state index is 0.0923. The van der Waals surface area contributed by atoms with Crippen LogP contribution in [0.25, 0.3) is 0 Å². The zero-order valence-electron chi connectivity index (χ0n) is 27.3. The van der Waals surface area contributed by atoms with Gasteiger partial charge in [0.1, 0.15) is 28.5 Å². The Hall–Kier alpha value is -2.91. The van der Waals surface area contributed by atoms with Crippen LogP contribution in [-0.2, 0) is 51.3 Å². The minimum Gasteiger partial charge on any atom is -0.480 e. The van der Waals surface area contributed by atoms with E-state index in [9.17, 15) is 32.1 Å². The Balaban J connectivity index is 0. The summed E-state index contributed by atoms with van der Waals surface area (Å²) < 4.78 is 49.2. The lowest BCUT2D eigenvalue weighted by atomic mass is 10.2. The van der Waals surface area contributed by atoms with E-state index < -0.39 is 28.8 Å². The molecule has 2 aromatic carbocycles. The number of rotatable bonds is 14. The van der Waals surface area contributed by atoms with Crippen molar-refractivity contribution in [3.05, 3.63) is 71.8 Å². The summed E-state index contributed by atoms with van der Waals surface area (Å²) in [5, 5.41) is 8.60. The Morgan fingerprint density at radius 3 is 1.40 bits per heavy atom. The Bertz CT molecular complexity index is 1120. The molecule has 0 bridgehead atoms. The number of ether oxygens (including phenoxy) is 4. The maximum atomic E-state index is 11.7. The highest BCUT2D eigenvalue weighted by Crippen LogP contribution is 2.16. The summed E-state index contributed by atoms with van der Waals surface area (Å²) in [5.74, 6) is -2.05. The van der Waals surface area contributed by atoms with Crippen molar-refractivity contribution in [1.29, 1.82) is 0 Å². The molecule has 2 rings (SSSR count). The highest BCUT2D eigenvalue weighted by atomic mass is 79.9. The molecule has 47 heavy (non-hydrogen) atoms. The van der Waals surface area contributed by atoms with E-state index in [-0.39, 0.29) is 50.4 Å². The van der Waals surface area contributed by atoms with Crippen LogP contribution in [-0.4, -0.2) is 65.0 Å². The van der Waals surface area contributed by atoms with Gasteiger partial charge in [-0.15, -0.1) is 0 Å². The van der Waals surface area contributed by atoms with Crippen molar-refractivity contribution >= 4 is 63.3 Å². The number of carbonyl (C=O) groups excluding carboxylic acids is 3. The number of hydrogen-bond acceptors (Lipinski definition) is 8. The predicted octanol–water partition coefficient (Wildman–Crippen LogP) is 7.90. The summed E-state index contributed by atoms with van der Waals surface area (Å²) in [4.78, 5) is 44.0. The number of carbonyl (C=O) groups is 4. The van der Waals surface area contributed by atoms with Crippen molar-refractivity contribution in [2.75, 3.05) is 13.2 Å². The average Bonchev–Trinajstić information content (AvgIpc) is 3.01. The summed E-state index contributed by atoms with van der Waals surface area (Å²) in [7, 11) is -3.67. The number of esters is 3. The van der Waals surface area contributed by atoms with Crippen LogP contribution in [0.5, 0.6) is 0 Å². The van der Waals surface area contributed by atoms with Crippen molar-refractivity contribution in [2.45, 2.75) is 88.8 Å². The highest BCUT2D eigenvalue weighted by molar-refractivity contribution is 9.10. The van der Waals surface area contributed by atoms with E-state index in [4.69, 9.17) is 24.1 Å². The molecule has 2 atom stereocenters. The molecule has 2 unspecified atom stereocenters. The minimum atomic E-state index is -3.67. The molecule has 264 valence electrons. The van der Waals surface area contributed by atoms with Crippen molar-refractivity contribution in [1.82, 2.24) is 0 Å². The van der Waals surface area contributed by atoms with Crippen molar-refractivity contribution < 1.29 is 56.2 Å². The number of carboxylic acid groups (broad SMARTS) is 1. The fraction of sp³-hybridized carbons (Fsp3) is 0.500. The van der Waals surface area contributed by atoms with Gasteiger partial charge in [-0.2, -0.15) is 0 Å². The van der Waals surface area contributed by atoms with Gasteiger partial charge in [0.2, 0.25) is 0 Å². The fourth-order valence-electron chi connectivity index (χ4n) is 2.92. The maximum Gasteiger partial charge on any atom is 0.762 e. The van der Waals surface area contributed by atoms with Gasteiger partial charge >= 0.3 is 31.4 Å². The third-order valence-corrected chi connectivity index (χ3v) is 6.71. The summed E-state index contributed by atoms with van der Waals surface area (Å²) in [6.07, 6.45) is 0.836. The first-order chi connectivity index (χ1) is 22.0. The van der Waals surface area contributed by atoms with E-state index >= 15 is 0 Å². The van der Waals surface area contributed by atoms with Crippen LogP contribution < -0.4 is 0 Å². The molecule has 0 fully saturated rings. The van der Waals surface area contributed by atoms with Crippen molar-refractivity contribution in [2.24, 2.45) is 0 Å². The number of halogens is 5. The summed E-state index contributed by atoms with van der Waals surface area (Å²) >= 11 is 6.20. The molecule has 1 N–H and O–H groups in total. The summed E-state index contributed by atoms with van der Waals surface area (Å²) in [5.41, 5.74) is 1.32. The monoisotopic (exact) mass is 798 g/mol. The van der Waals surface area contributed by atoms with Crippen LogP contribution in [0.4, 0.5) is 12.9 Å². The number of hydrogen-bond donors (Lipinski definition) is 1. The third kappa shape index (κ3) is 31.5. The molecule has 0 amide bonds. The molecule has 0 aliphatic rings. The Morgan fingerprint density at radius 2 is 1.11 bits per heavy atom. The second kappa shape index (κ2) is 28.1. The second-order valence-corrected chi connectivity index (χ2v) is 12.4. The molecular weight excluding hydrogens is 756 g/mol. The first kappa shape index (κ1) is 46.2. The zero-order valence-corrected chi connectivity index (χ0v) is 30.4. The molecule has 2 aromatic rings. The zero-order chi connectivity index (χ0) is 36.3. The molecule has 0 aromatic heterocycles. The molecule has 0 heterocycles. The highest BCUT2D eigenvalue weighted by Gasteiger charge is 2.23. The number of aliphatic carboxylic acids is 1. The van der Waals surface area contributed by atoms with Gasteiger partial charge in [0.15, 0.2) is 0 Å². The smallest absolute Gasteiger partial charge is 0.480 e. The number of alkyl halides is 2.